The third kappa shape index (κ3) is 4.92. The smallest absolute Gasteiger partial charge is 0.321 e. The van der Waals surface area contributed by atoms with Crippen molar-refractivity contribution < 1.29 is 19.0 Å². The molecule has 1 heterocycles. The Bertz CT molecular complexity index is 559. The third-order valence-corrected chi connectivity index (χ3v) is 4.20. The van der Waals surface area contributed by atoms with E-state index in [-0.39, 0.29) is 6.03 Å². The standard InChI is InChI=1S/C18H29N3O4/c1-13(2)12-20-6-8-21(9-7-20)18(22)19-14-10-15(23-3)17(25-5)16(11-14)24-4/h10-11,13H,6-9,12H2,1-5H3,(H,19,22). The van der Waals surface area contributed by atoms with Gasteiger partial charge in [0.2, 0.25) is 5.75 Å². The number of urea groups is 1. The third-order valence-electron chi connectivity index (χ3n) is 4.20. The second-order valence-electron chi connectivity index (χ2n) is 6.53. The number of methoxy groups -OCH3 is 3. The van der Waals surface area contributed by atoms with Crippen molar-refractivity contribution in [3.8, 4) is 17.2 Å². The predicted octanol–water partition coefficient (Wildman–Crippen LogP) is 2.52. The maximum absolute atomic E-state index is 12.5. The molecule has 0 spiro atoms. The van der Waals surface area contributed by atoms with E-state index in [0.717, 1.165) is 32.7 Å². The van der Waals surface area contributed by atoms with Crippen LogP contribution in [0, 0.1) is 5.92 Å². The zero-order valence-electron chi connectivity index (χ0n) is 15.8. The lowest BCUT2D eigenvalue weighted by Crippen LogP contribution is -2.50. The maximum atomic E-state index is 12.5. The Hall–Kier alpha value is -2.15. The van der Waals surface area contributed by atoms with Crippen molar-refractivity contribution in [3.63, 3.8) is 0 Å². The zero-order chi connectivity index (χ0) is 18.4. The lowest BCUT2D eigenvalue weighted by molar-refractivity contribution is 0.138. The molecule has 2 rings (SSSR count). The van der Waals surface area contributed by atoms with Gasteiger partial charge in [0, 0.05) is 44.9 Å². The molecule has 7 nitrogen and oxygen atoms in total. The molecule has 1 aliphatic rings. The highest BCUT2D eigenvalue weighted by molar-refractivity contribution is 5.90. The summed E-state index contributed by atoms with van der Waals surface area (Å²) >= 11 is 0. The SMILES string of the molecule is COc1cc(NC(=O)N2CCN(CC(C)C)CC2)cc(OC)c1OC. The summed E-state index contributed by atoms with van der Waals surface area (Å²) in [6.07, 6.45) is 0. The van der Waals surface area contributed by atoms with Gasteiger partial charge < -0.3 is 24.4 Å². The van der Waals surface area contributed by atoms with Crippen LogP contribution in [0.15, 0.2) is 12.1 Å². The molecule has 0 saturated carbocycles. The first-order valence-electron chi connectivity index (χ1n) is 8.56. The van der Waals surface area contributed by atoms with Crippen molar-refractivity contribution in [2.24, 2.45) is 5.92 Å². The first-order chi connectivity index (χ1) is 12.0. The summed E-state index contributed by atoms with van der Waals surface area (Å²) in [5, 5.41) is 2.92. The fraction of sp³-hybridized carbons (Fsp3) is 0.611. The van der Waals surface area contributed by atoms with Gasteiger partial charge in [-0.25, -0.2) is 4.79 Å². The van der Waals surface area contributed by atoms with Crippen molar-refractivity contribution in [1.29, 1.82) is 0 Å². The maximum Gasteiger partial charge on any atom is 0.321 e. The molecule has 1 fully saturated rings. The first kappa shape index (κ1) is 19.2. The van der Waals surface area contributed by atoms with Crippen LogP contribution in [-0.4, -0.2) is 69.9 Å². The molecule has 0 radical (unpaired) electrons. The van der Waals surface area contributed by atoms with E-state index in [1.165, 1.54) is 0 Å². The summed E-state index contributed by atoms with van der Waals surface area (Å²) in [6.45, 7) is 8.75. The van der Waals surface area contributed by atoms with Gasteiger partial charge >= 0.3 is 6.03 Å². The van der Waals surface area contributed by atoms with Gasteiger partial charge in [0.1, 0.15) is 0 Å². The number of rotatable bonds is 6. The van der Waals surface area contributed by atoms with Gasteiger partial charge in [-0.3, -0.25) is 4.90 Å². The molecule has 1 saturated heterocycles. The van der Waals surface area contributed by atoms with E-state index in [2.05, 4.69) is 24.1 Å². The quantitative estimate of drug-likeness (QED) is 0.853. The second-order valence-corrected chi connectivity index (χ2v) is 6.53. The van der Waals surface area contributed by atoms with E-state index >= 15 is 0 Å². The van der Waals surface area contributed by atoms with Gasteiger partial charge in [-0.15, -0.1) is 0 Å². The summed E-state index contributed by atoms with van der Waals surface area (Å²) < 4.78 is 15.9. The van der Waals surface area contributed by atoms with Crippen LogP contribution in [0.1, 0.15) is 13.8 Å². The molecule has 140 valence electrons. The van der Waals surface area contributed by atoms with Crippen LogP contribution >= 0.6 is 0 Å². The van der Waals surface area contributed by atoms with Gasteiger partial charge in [0.15, 0.2) is 11.5 Å². The molecule has 1 N–H and O–H groups in total. The van der Waals surface area contributed by atoms with Crippen molar-refractivity contribution >= 4 is 11.7 Å². The van der Waals surface area contributed by atoms with Crippen molar-refractivity contribution in [2.45, 2.75) is 13.8 Å². The molecule has 0 aromatic heterocycles. The number of amides is 2. The predicted molar refractivity (Wildman–Crippen MR) is 98.0 cm³/mol. The number of carbonyl (C=O) groups excluding carboxylic acids is 1. The minimum atomic E-state index is -0.113. The Morgan fingerprint density at radius 2 is 1.60 bits per heavy atom. The molecule has 0 atom stereocenters. The van der Waals surface area contributed by atoms with Gasteiger partial charge in [-0.2, -0.15) is 0 Å². The minimum absolute atomic E-state index is 0.113. The van der Waals surface area contributed by atoms with Crippen LogP contribution in [-0.2, 0) is 0 Å². The molecule has 25 heavy (non-hydrogen) atoms. The number of hydrogen-bond acceptors (Lipinski definition) is 5. The van der Waals surface area contributed by atoms with Gasteiger partial charge in [0.05, 0.1) is 27.0 Å². The molecule has 7 heteroatoms. The second kappa shape index (κ2) is 8.80. The van der Waals surface area contributed by atoms with Gasteiger partial charge in [0.25, 0.3) is 0 Å². The Kier molecular flexibility index (Phi) is 6.75. The topological polar surface area (TPSA) is 63.3 Å². The Morgan fingerprint density at radius 3 is 2.04 bits per heavy atom. The highest BCUT2D eigenvalue weighted by Crippen LogP contribution is 2.39. The molecular weight excluding hydrogens is 322 g/mol. The lowest BCUT2D eigenvalue weighted by atomic mass is 10.2. The normalized spacial score (nSPS) is 15.2. The number of piperazine rings is 1. The van der Waals surface area contributed by atoms with Gasteiger partial charge in [-0.1, -0.05) is 13.8 Å². The Balaban J connectivity index is 2.01. The molecule has 2 amide bonds. The molecule has 1 aliphatic heterocycles. The van der Waals surface area contributed by atoms with Crippen molar-refractivity contribution in [1.82, 2.24) is 9.80 Å². The first-order valence-corrected chi connectivity index (χ1v) is 8.56. The summed E-state index contributed by atoms with van der Waals surface area (Å²) in [5.74, 6) is 2.17. The average molecular weight is 351 g/mol. The summed E-state index contributed by atoms with van der Waals surface area (Å²) in [6, 6.07) is 3.35. The Morgan fingerprint density at radius 1 is 1.04 bits per heavy atom. The van der Waals surface area contributed by atoms with E-state index in [1.54, 1.807) is 33.5 Å². The van der Waals surface area contributed by atoms with E-state index in [9.17, 15) is 4.79 Å². The number of carbonyl (C=O) groups is 1. The average Bonchev–Trinajstić information content (AvgIpc) is 2.60. The van der Waals surface area contributed by atoms with E-state index in [4.69, 9.17) is 14.2 Å². The molecule has 0 bridgehead atoms. The van der Waals surface area contributed by atoms with E-state index < -0.39 is 0 Å². The molecule has 0 unspecified atom stereocenters. The Labute approximate surface area is 149 Å². The lowest BCUT2D eigenvalue weighted by Gasteiger charge is -2.35. The number of nitrogens with zero attached hydrogens (tertiary/aromatic N) is 2. The fourth-order valence-corrected chi connectivity index (χ4v) is 3.01. The van der Waals surface area contributed by atoms with E-state index in [0.29, 0.717) is 28.9 Å². The minimum Gasteiger partial charge on any atom is -0.493 e. The summed E-state index contributed by atoms with van der Waals surface area (Å²) in [5.41, 5.74) is 0.615. The van der Waals surface area contributed by atoms with E-state index in [1.807, 2.05) is 4.90 Å². The molecule has 1 aromatic carbocycles. The number of nitrogens with one attached hydrogen (secondary N) is 1. The van der Waals surface area contributed by atoms with Crippen LogP contribution in [0.25, 0.3) is 0 Å². The number of ether oxygens (including phenoxy) is 3. The van der Waals surface area contributed by atoms with Gasteiger partial charge in [-0.05, 0) is 5.92 Å². The van der Waals surface area contributed by atoms with Crippen molar-refractivity contribution in [2.75, 3.05) is 59.4 Å². The molecular formula is C18H29N3O4. The molecule has 1 aromatic rings. The van der Waals surface area contributed by atoms with Crippen molar-refractivity contribution in [3.05, 3.63) is 12.1 Å². The van der Waals surface area contributed by atoms with Crippen LogP contribution in [0.5, 0.6) is 17.2 Å². The van der Waals surface area contributed by atoms with Crippen LogP contribution in [0.4, 0.5) is 10.5 Å². The highest BCUT2D eigenvalue weighted by Gasteiger charge is 2.22. The van der Waals surface area contributed by atoms with Crippen LogP contribution < -0.4 is 19.5 Å². The van der Waals surface area contributed by atoms with Crippen LogP contribution in [0.3, 0.4) is 0 Å². The fourth-order valence-electron chi connectivity index (χ4n) is 3.01. The summed E-state index contributed by atoms with van der Waals surface area (Å²) in [7, 11) is 4.66. The summed E-state index contributed by atoms with van der Waals surface area (Å²) in [4.78, 5) is 16.8. The van der Waals surface area contributed by atoms with Crippen LogP contribution in [0.2, 0.25) is 0 Å². The zero-order valence-corrected chi connectivity index (χ0v) is 15.8. The highest BCUT2D eigenvalue weighted by atomic mass is 16.5. The monoisotopic (exact) mass is 351 g/mol. The number of hydrogen-bond donors (Lipinski definition) is 1. The number of anilines is 1. The largest absolute Gasteiger partial charge is 0.493 e. The number of benzene rings is 1. The molecule has 0 aliphatic carbocycles.